The van der Waals surface area contributed by atoms with Gasteiger partial charge in [0.2, 0.25) is 0 Å². The number of quaternary nitrogens is 1. The molecule has 1 fully saturated rings. The topological polar surface area (TPSA) is 14.3 Å². The third-order valence-corrected chi connectivity index (χ3v) is 5.54. The molecule has 4 heteroatoms. The predicted octanol–water partition coefficient (Wildman–Crippen LogP) is 2.52. The molecule has 116 valence electrons. The van der Waals surface area contributed by atoms with Gasteiger partial charge >= 0.3 is 0 Å². The average Bonchev–Trinajstić information content (AvgIpc) is 3.16. The van der Waals surface area contributed by atoms with Crippen molar-refractivity contribution in [2.45, 2.75) is 45.2 Å². The summed E-state index contributed by atoms with van der Waals surface area (Å²) in [5.74, 6) is 0. The highest BCUT2D eigenvalue weighted by Gasteiger charge is 2.24. The molecule has 2 heterocycles. The number of imidazole rings is 1. The van der Waals surface area contributed by atoms with E-state index in [0.717, 1.165) is 17.9 Å². The predicted molar refractivity (Wildman–Crippen MR) is 91.2 cm³/mol. The summed E-state index contributed by atoms with van der Waals surface area (Å²) in [6.45, 7) is 3.65. The van der Waals surface area contributed by atoms with Crippen LogP contribution in [0, 0.1) is 4.77 Å². The Labute approximate surface area is 137 Å². The summed E-state index contributed by atoms with van der Waals surface area (Å²) in [4.78, 5) is 1.69. The first-order valence-electron chi connectivity index (χ1n) is 8.57. The Kier molecular flexibility index (Phi) is 3.89. The fourth-order valence-electron chi connectivity index (χ4n) is 4.02. The summed E-state index contributed by atoms with van der Waals surface area (Å²) < 4.78 is 5.77. The lowest BCUT2D eigenvalue weighted by Crippen LogP contribution is -3.09. The molecular weight excluding hydrogens is 290 g/mol. The van der Waals surface area contributed by atoms with Gasteiger partial charge in [0.25, 0.3) is 0 Å². The number of nitrogens with zero attached hydrogens (tertiary/aromatic N) is 2. The van der Waals surface area contributed by atoms with Gasteiger partial charge in [0, 0.05) is 29.9 Å². The van der Waals surface area contributed by atoms with Crippen LogP contribution in [0.1, 0.15) is 37.1 Å². The maximum Gasteiger partial charge on any atom is 0.189 e. The Bertz CT molecular complexity index is 708. The molecule has 1 aliphatic carbocycles. The van der Waals surface area contributed by atoms with Crippen molar-refractivity contribution in [3.05, 3.63) is 46.5 Å². The van der Waals surface area contributed by atoms with E-state index in [-0.39, 0.29) is 0 Å². The highest BCUT2D eigenvalue weighted by Crippen LogP contribution is 2.26. The second kappa shape index (κ2) is 6.01. The molecule has 1 saturated heterocycles. The molecule has 0 amide bonds. The second-order valence-corrected chi connectivity index (χ2v) is 6.96. The number of hydrogen-bond donors (Lipinski definition) is 1. The Morgan fingerprint density at radius 3 is 2.32 bits per heavy atom. The van der Waals surface area contributed by atoms with Crippen molar-refractivity contribution < 1.29 is 4.90 Å². The third kappa shape index (κ3) is 2.44. The highest BCUT2D eigenvalue weighted by atomic mass is 32.1. The van der Waals surface area contributed by atoms with Gasteiger partial charge in [0.15, 0.2) is 11.4 Å². The van der Waals surface area contributed by atoms with Crippen LogP contribution in [0.15, 0.2) is 30.3 Å². The van der Waals surface area contributed by atoms with Crippen LogP contribution in [-0.4, -0.2) is 22.2 Å². The van der Waals surface area contributed by atoms with Gasteiger partial charge in [-0.05, 0) is 50.0 Å². The zero-order chi connectivity index (χ0) is 14.9. The van der Waals surface area contributed by atoms with Crippen molar-refractivity contribution in [3.8, 4) is 5.69 Å². The van der Waals surface area contributed by atoms with Crippen LogP contribution in [0.5, 0.6) is 0 Å². The fraction of sp³-hybridized carbons (Fsp3) is 0.500. The number of likely N-dealkylation sites (tertiary alicyclic amines) is 1. The summed E-state index contributed by atoms with van der Waals surface area (Å²) in [7, 11) is 0. The van der Waals surface area contributed by atoms with E-state index >= 15 is 0 Å². The van der Waals surface area contributed by atoms with E-state index in [0.29, 0.717) is 0 Å². The molecule has 3 nitrogen and oxygen atoms in total. The zero-order valence-electron chi connectivity index (χ0n) is 13.1. The summed E-state index contributed by atoms with van der Waals surface area (Å²) in [5, 5.41) is 0. The van der Waals surface area contributed by atoms with Crippen LogP contribution in [0.4, 0.5) is 0 Å². The highest BCUT2D eigenvalue weighted by molar-refractivity contribution is 7.71. The number of aromatic nitrogens is 2. The first kappa shape index (κ1) is 14.2. The monoisotopic (exact) mass is 314 g/mol. The number of benzene rings is 1. The average molecular weight is 314 g/mol. The number of rotatable bonds is 3. The minimum absolute atomic E-state index is 0.998. The molecule has 0 bridgehead atoms. The van der Waals surface area contributed by atoms with E-state index in [1.54, 1.807) is 4.90 Å². The van der Waals surface area contributed by atoms with Crippen LogP contribution < -0.4 is 4.90 Å². The van der Waals surface area contributed by atoms with Gasteiger partial charge in [-0.1, -0.05) is 18.2 Å². The van der Waals surface area contributed by atoms with Crippen molar-refractivity contribution >= 4 is 12.2 Å². The normalized spacial score (nSPS) is 18.5. The minimum Gasteiger partial charge on any atom is -0.317 e. The Hall–Kier alpha value is -1.39. The van der Waals surface area contributed by atoms with Crippen molar-refractivity contribution in [2.24, 2.45) is 0 Å². The van der Waals surface area contributed by atoms with Gasteiger partial charge in [0.05, 0.1) is 13.1 Å². The number of para-hydroxylation sites is 1. The van der Waals surface area contributed by atoms with Crippen molar-refractivity contribution in [2.75, 3.05) is 13.1 Å². The standard InChI is InChI=1S/C18H23N3S/c22-18-20(14-19-12-6-7-13-19)16-10-4-5-11-17(16)21(18)15-8-2-1-3-9-15/h1-3,8-9H,4-7,10-14H2/p+1. The van der Waals surface area contributed by atoms with Gasteiger partial charge in [-0.2, -0.15) is 0 Å². The first-order chi connectivity index (χ1) is 10.8. The number of hydrogen-bond acceptors (Lipinski definition) is 1. The van der Waals surface area contributed by atoms with Gasteiger partial charge in [0.1, 0.15) is 0 Å². The number of fused-ring (bicyclic) bond motifs is 1. The van der Waals surface area contributed by atoms with Crippen LogP contribution in [0.2, 0.25) is 0 Å². The maximum absolute atomic E-state index is 5.89. The SMILES string of the molecule is S=c1n(C[NH+]2CCCC2)c2c(n1-c1ccccc1)CCCC2. The smallest absolute Gasteiger partial charge is 0.189 e. The molecule has 2 aliphatic rings. The molecule has 1 N–H and O–H groups in total. The van der Waals surface area contributed by atoms with Gasteiger partial charge < -0.3 is 4.90 Å². The lowest BCUT2D eigenvalue weighted by atomic mass is 10.0. The third-order valence-electron chi connectivity index (χ3n) is 5.13. The van der Waals surface area contributed by atoms with Crippen LogP contribution in [-0.2, 0) is 19.5 Å². The van der Waals surface area contributed by atoms with Crippen LogP contribution in [0.25, 0.3) is 5.69 Å². The molecule has 22 heavy (non-hydrogen) atoms. The van der Waals surface area contributed by atoms with E-state index in [1.807, 2.05) is 0 Å². The van der Waals surface area contributed by atoms with E-state index in [1.165, 1.54) is 62.3 Å². The van der Waals surface area contributed by atoms with Gasteiger partial charge in [-0.25, -0.2) is 0 Å². The Balaban J connectivity index is 1.81. The largest absolute Gasteiger partial charge is 0.317 e. The molecule has 2 aromatic rings. The molecule has 0 unspecified atom stereocenters. The molecule has 0 saturated carbocycles. The maximum atomic E-state index is 5.89. The molecule has 0 atom stereocenters. The molecule has 1 aliphatic heterocycles. The summed E-state index contributed by atoms with van der Waals surface area (Å²) >= 11 is 5.89. The van der Waals surface area contributed by atoms with Gasteiger partial charge in [-0.15, -0.1) is 0 Å². The van der Waals surface area contributed by atoms with Crippen LogP contribution >= 0.6 is 12.2 Å². The summed E-state index contributed by atoms with van der Waals surface area (Å²) in [6.07, 6.45) is 7.67. The first-order valence-corrected chi connectivity index (χ1v) is 8.98. The Morgan fingerprint density at radius 2 is 1.59 bits per heavy atom. The summed E-state index contributed by atoms with van der Waals surface area (Å²) in [5.41, 5.74) is 4.18. The molecule has 1 aromatic carbocycles. The quantitative estimate of drug-likeness (QED) is 0.860. The minimum atomic E-state index is 0.998. The van der Waals surface area contributed by atoms with E-state index in [2.05, 4.69) is 39.5 Å². The Morgan fingerprint density at radius 1 is 0.909 bits per heavy atom. The van der Waals surface area contributed by atoms with Crippen molar-refractivity contribution in [1.29, 1.82) is 0 Å². The fourth-order valence-corrected chi connectivity index (χ4v) is 4.41. The lowest BCUT2D eigenvalue weighted by Gasteiger charge is -2.18. The van der Waals surface area contributed by atoms with E-state index in [4.69, 9.17) is 12.2 Å². The zero-order valence-corrected chi connectivity index (χ0v) is 13.9. The summed E-state index contributed by atoms with van der Waals surface area (Å²) in [6, 6.07) is 10.6. The molecule has 0 radical (unpaired) electrons. The molecule has 0 spiro atoms. The molecule has 1 aromatic heterocycles. The van der Waals surface area contributed by atoms with Gasteiger partial charge in [-0.3, -0.25) is 9.13 Å². The van der Waals surface area contributed by atoms with Crippen LogP contribution in [0.3, 0.4) is 0 Å². The molecule has 4 rings (SSSR count). The van der Waals surface area contributed by atoms with E-state index < -0.39 is 0 Å². The van der Waals surface area contributed by atoms with E-state index in [9.17, 15) is 0 Å². The van der Waals surface area contributed by atoms with Crippen molar-refractivity contribution in [3.63, 3.8) is 0 Å². The number of nitrogens with one attached hydrogen (secondary N) is 1. The second-order valence-electron chi connectivity index (χ2n) is 6.60. The molecular formula is C18H24N3S+. The lowest BCUT2D eigenvalue weighted by molar-refractivity contribution is -0.910. The van der Waals surface area contributed by atoms with Crippen molar-refractivity contribution in [1.82, 2.24) is 9.13 Å².